The van der Waals surface area contributed by atoms with Crippen molar-refractivity contribution in [1.82, 2.24) is 20.8 Å². The molecule has 1 heterocycles. The van der Waals surface area contributed by atoms with E-state index in [9.17, 15) is 0 Å². The van der Waals surface area contributed by atoms with E-state index in [4.69, 9.17) is 9.26 Å². The lowest BCUT2D eigenvalue weighted by molar-refractivity contribution is 0.223. The van der Waals surface area contributed by atoms with Crippen LogP contribution in [0.15, 0.2) is 33.8 Å². The summed E-state index contributed by atoms with van der Waals surface area (Å²) in [6.45, 7) is 7.18. The van der Waals surface area contributed by atoms with Gasteiger partial charge in [-0.3, -0.25) is 4.99 Å². The molecule has 0 bridgehead atoms. The number of aliphatic imine (C=N–C) groups is 1. The minimum Gasteiger partial charge on any atom is -0.489 e. The molecular weight excluding hydrogens is 433 g/mol. The van der Waals surface area contributed by atoms with Gasteiger partial charge in [-0.1, -0.05) is 17.3 Å². The number of benzene rings is 1. The molecule has 2 aromatic rings. The van der Waals surface area contributed by atoms with Crippen LogP contribution in [0.1, 0.15) is 24.2 Å². The minimum absolute atomic E-state index is 0. The third kappa shape index (κ3) is 7.72. The molecule has 0 saturated heterocycles. The molecule has 1 unspecified atom stereocenters. The second-order valence-corrected chi connectivity index (χ2v) is 5.61. The first kappa shape index (κ1) is 21.2. The SMILES string of the molecule is CN=C(NCCc1nc(C)no1)NCC(C)Oc1cccc(C)c1.I. The Morgan fingerprint density at radius 3 is 2.76 bits per heavy atom. The second-order valence-electron chi connectivity index (χ2n) is 5.61. The molecule has 8 heteroatoms. The maximum Gasteiger partial charge on any atom is 0.228 e. The van der Waals surface area contributed by atoms with Gasteiger partial charge in [0.25, 0.3) is 0 Å². The Bertz CT molecular complexity index is 675. The smallest absolute Gasteiger partial charge is 0.228 e. The van der Waals surface area contributed by atoms with Gasteiger partial charge < -0.3 is 19.9 Å². The summed E-state index contributed by atoms with van der Waals surface area (Å²) in [5, 5.41) is 10.2. The molecule has 7 nitrogen and oxygen atoms in total. The first-order chi connectivity index (χ1) is 11.6. The highest BCUT2D eigenvalue weighted by Gasteiger charge is 2.07. The van der Waals surface area contributed by atoms with Crippen molar-refractivity contribution in [3.8, 4) is 5.75 Å². The number of hydrogen-bond acceptors (Lipinski definition) is 5. The van der Waals surface area contributed by atoms with Crippen LogP contribution < -0.4 is 15.4 Å². The van der Waals surface area contributed by atoms with Crippen LogP contribution in [0.25, 0.3) is 0 Å². The summed E-state index contributed by atoms with van der Waals surface area (Å²) in [5.41, 5.74) is 1.18. The number of nitrogens with one attached hydrogen (secondary N) is 2. The second kappa shape index (κ2) is 10.9. The van der Waals surface area contributed by atoms with Gasteiger partial charge in [-0.05, 0) is 38.5 Å². The number of halogens is 1. The standard InChI is InChI=1S/C17H25N5O2.HI/c1-12-6-5-7-15(10-12)23-13(2)11-20-17(18-4)19-9-8-16-21-14(3)22-24-16;/h5-7,10,13H,8-9,11H2,1-4H3,(H2,18,19,20);1H. The molecule has 1 aromatic carbocycles. The van der Waals surface area contributed by atoms with Gasteiger partial charge >= 0.3 is 0 Å². The van der Waals surface area contributed by atoms with Gasteiger partial charge in [-0.2, -0.15) is 4.98 Å². The van der Waals surface area contributed by atoms with E-state index < -0.39 is 0 Å². The lowest BCUT2D eigenvalue weighted by atomic mass is 10.2. The molecule has 0 spiro atoms. The number of ether oxygens (including phenoxy) is 1. The molecule has 0 saturated carbocycles. The number of hydrogen-bond donors (Lipinski definition) is 2. The summed E-state index contributed by atoms with van der Waals surface area (Å²) in [6, 6.07) is 8.02. The minimum atomic E-state index is 0. The van der Waals surface area contributed by atoms with E-state index in [0.717, 1.165) is 5.75 Å². The average molecular weight is 459 g/mol. The summed E-state index contributed by atoms with van der Waals surface area (Å²) >= 11 is 0. The predicted molar refractivity (Wildman–Crippen MR) is 109 cm³/mol. The zero-order chi connectivity index (χ0) is 17.4. The van der Waals surface area contributed by atoms with E-state index in [-0.39, 0.29) is 30.1 Å². The van der Waals surface area contributed by atoms with E-state index in [1.807, 2.05) is 38.1 Å². The summed E-state index contributed by atoms with van der Waals surface area (Å²) in [6.07, 6.45) is 0.667. The van der Waals surface area contributed by atoms with E-state index in [1.54, 1.807) is 14.0 Å². The van der Waals surface area contributed by atoms with Gasteiger partial charge in [-0.25, -0.2) is 0 Å². The Morgan fingerprint density at radius 2 is 2.12 bits per heavy atom. The number of aromatic nitrogens is 2. The quantitative estimate of drug-likeness (QED) is 0.376. The molecule has 1 aromatic heterocycles. The number of aryl methyl sites for hydroxylation is 2. The van der Waals surface area contributed by atoms with Crippen LogP contribution in [0.2, 0.25) is 0 Å². The largest absolute Gasteiger partial charge is 0.489 e. The molecule has 0 fully saturated rings. The highest BCUT2D eigenvalue weighted by atomic mass is 127. The molecule has 25 heavy (non-hydrogen) atoms. The van der Waals surface area contributed by atoms with Crippen molar-refractivity contribution < 1.29 is 9.26 Å². The molecule has 0 amide bonds. The van der Waals surface area contributed by atoms with Crippen molar-refractivity contribution in [1.29, 1.82) is 0 Å². The van der Waals surface area contributed by atoms with Crippen molar-refractivity contribution in [3.05, 3.63) is 41.5 Å². The molecule has 1 atom stereocenters. The van der Waals surface area contributed by atoms with Crippen molar-refractivity contribution in [2.45, 2.75) is 33.3 Å². The maximum absolute atomic E-state index is 5.89. The summed E-state index contributed by atoms with van der Waals surface area (Å²) < 4.78 is 11.0. The van der Waals surface area contributed by atoms with Crippen molar-refractivity contribution in [2.24, 2.45) is 4.99 Å². The first-order valence-corrected chi connectivity index (χ1v) is 8.04. The normalized spacial score (nSPS) is 12.2. The van der Waals surface area contributed by atoms with Crippen molar-refractivity contribution >= 4 is 29.9 Å². The highest BCUT2D eigenvalue weighted by molar-refractivity contribution is 14.0. The predicted octanol–water partition coefficient (Wildman–Crippen LogP) is 2.48. The summed E-state index contributed by atoms with van der Waals surface area (Å²) in [5.74, 6) is 2.85. The van der Waals surface area contributed by atoms with Gasteiger partial charge in [-0.15, -0.1) is 24.0 Å². The average Bonchev–Trinajstić information content (AvgIpc) is 2.96. The Labute approximate surface area is 165 Å². The van der Waals surface area contributed by atoms with Crippen LogP contribution >= 0.6 is 24.0 Å². The van der Waals surface area contributed by atoms with E-state index in [2.05, 4.69) is 25.8 Å². The van der Waals surface area contributed by atoms with Crippen molar-refractivity contribution in [3.63, 3.8) is 0 Å². The van der Waals surface area contributed by atoms with Crippen LogP contribution in [-0.4, -0.2) is 42.3 Å². The van der Waals surface area contributed by atoms with E-state index >= 15 is 0 Å². The van der Waals surface area contributed by atoms with E-state index in [1.165, 1.54) is 5.56 Å². The third-order valence-electron chi connectivity index (χ3n) is 3.31. The Morgan fingerprint density at radius 1 is 1.32 bits per heavy atom. The van der Waals surface area contributed by atoms with Crippen molar-refractivity contribution in [2.75, 3.05) is 20.1 Å². The molecule has 2 N–H and O–H groups in total. The molecule has 2 rings (SSSR count). The zero-order valence-corrected chi connectivity index (χ0v) is 17.4. The number of guanidine groups is 1. The Balaban J connectivity index is 0.00000312. The Kier molecular flexibility index (Phi) is 9.25. The fourth-order valence-corrected chi connectivity index (χ4v) is 2.15. The molecule has 0 aliphatic heterocycles. The van der Waals surface area contributed by atoms with Gasteiger partial charge in [0.05, 0.1) is 6.54 Å². The van der Waals surface area contributed by atoms with Gasteiger partial charge in [0.15, 0.2) is 11.8 Å². The maximum atomic E-state index is 5.89. The Hall–Kier alpha value is -1.84. The number of nitrogens with zero attached hydrogens (tertiary/aromatic N) is 3. The summed E-state index contributed by atoms with van der Waals surface area (Å²) in [7, 11) is 1.73. The molecule has 0 aliphatic rings. The fraction of sp³-hybridized carbons (Fsp3) is 0.471. The van der Waals surface area contributed by atoms with Crippen LogP contribution in [0.3, 0.4) is 0 Å². The van der Waals surface area contributed by atoms with E-state index in [0.29, 0.717) is 37.2 Å². The lowest BCUT2D eigenvalue weighted by Crippen LogP contribution is -2.42. The van der Waals surface area contributed by atoms with Gasteiger partial charge in [0, 0.05) is 20.0 Å². The lowest BCUT2D eigenvalue weighted by Gasteiger charge is -2.17. The monoisotopic (exact) mass is 459 g/mol. The molecular formula is C17H26IN5O2. The highest BCUT2D eigenvalue weighted by Crippen LogP contribution is 2.13. The van der Waals surface area contributed by atoms with Crippen LogP contribution in [-0.2, 0) is 6.42 Å². The summed E-state index contributed by atoms with van der Waals surface area (Å²) in [4.78, 5) is 8.35. The van der Waals surface area contributed by atoms with Gasteiger partial charge in [0.1, 0.15) is 11.9 Å². The van der Waals surface area contributed by atoms with Crippen LogP contribution in [0, 0.1) is 13.8 Å². The zero-order valence-electron chi connectivity index (χ0n) is 15.1. The topological polar surface area (TPSA) is 84.6 Å². The molecule has 0 radical (unpaired) electrons. The third-order valence-corrected chi connectivity index (χ3v) is 3.31. The van der Waals surface area contributed by atoms with Crippen LogP contribution in [0.5, 0.6) is 5.75 Å². The number of rotatable bonds is 7. The fourth-order valence-electron chi connectivity index (χ4n) is 2.15. The van der Waals surface area contributed by atoms with Gasteiger partial charge in [0.2, 0.25) is 5.89 Å². The molecule has 0 aliphatic carbocycles. The first-order valence-electron chi connectivity index (χ1n) is 8.04. The molecule has 138 valence electrons. The van der Waals surface area contributed by atoms with Crippen LogP contribution in [0.4, 0.5) is 0 Å².